The maximum absolute atomic E-state index is 11.1. The van der Waals surface area contributed by atoms with Crippen molar-refractivity contribution in [3.8, 4) is 0 Å². The third kappa shape index (κ3) is 2.91. The Kier molecular flexibility index (Phi) is 3.56. The molecule has 0 aliphatic rings. The van der Waals surface area contributed by atoms with Crippen LogP contribution in [0.1, 0.15) is 10.5 Å². The summed E-state index contributed by atoms with van der Waals surface area (Å²) in [4.78, 5) is 25.9. The lowest BCUT2D eigenvalue weighted by molar-refractivity contribution is -0.111. The van der Waals surface area contributed by atoms with Crippen LogP contribution in [0.2, 0.25) is 0 Å². The minimum absolute atomic E-state index is 0.267. The van der Waals surface area contributed by atoms with Crippen molar-refractivity contribution in [3.63, 3.8) is 0 Å². The number of aromatic nitrogens is 1. The van der Waals surface area contributed by atoms with Crippen LogP contribution >= 0.6 is 0 Å². The summed E-state index contributed by atoms with van der Waals surface area (Å²) in [5, 5.41) is 4.97. The summed E-state index contributed by atoms with van der Waals surface area (Å²) < 4.78 is 0. The number of anilines is 1. The van der Waals surface area contributed by atoms with Gasteiger partial charge >= 0.3 is 0 Å². The average Bonchev–Trinajstić information content (AvgIpc) is 2.29. The van der Waals surface area contributed by atoms with Gasteiger partial charge in [-0.3, -0.25) is 9.59 Å². The quantitative estimate of drug-likeness (QED) is 0.708. The fraction of sp³-hybridized carbons (Fsp3) is 0.100. The van der Waals surface area contributed by atoms with Gasteiger partial charge in [0.2, 0.25) is 5.91 Å². The van der Waals surface area contributed by atoms with E-state index in [9.17, 15) is 9.59 Å². The van der Waals surface area contributed by atoms with Gasteiger partial charge in [-0.25, -0.2) is 4.98 Å². The van der Waals surface area contributed by atoms with Crippen molar-refractivity contribution in [1.82, 2.24) is 10.3 Å². The van der Waals surface area contributed by atoms with Crippen LogP contribution in [-0.4, -0.2) is 23.8 Å². The lowest BCUT2D eigenvalue weighted by Gasteiger charge is -2.02. The smallest absolute Gasteiger partial charge is 0.269 e. The summed E-state index contributed by atoms with van der Waals surface area (Å²) >= 11 is 0. The van der Waals surface area contributed by atoms with E-state index in [4.69, 9.17) is 0 Å². The van der Waals surface area contributed by atoms with Crippen LogP contribution in [0, 0.1) is 0 Å². The van der Waals surface area contributed by atoms with Crippen molar-refractivity contribution in [2.24, 2.45) is 0 Å². The number of pyridine rings is 1. The van der Waals surface area contributed by atoms with E-state index in [1.54, 1.807) is 6.07 Å². The fourth-order valence-corrected chi connectivity index (χ4v) is 0.923. The molecule has 5 nitrogen and oxygen atoms in total. The first kappa shape index (κ1) is 10.9. The van der Waals surface area contributed by atoms with Gasteiger partial charge in [-0.05, 0) is 18.2 Å². The van der Waals surface area contributed by atoms with Crippen molar-refractivity contribution >= 4 is 17.5 Å². The van der Waals surface area contributed by atoms with Crippen LogP contribution in [0.3, 0.4) is 0 Å². The predicted molar refractivity (Wildman–Crippen MR) is 56.5 cm³/mol. The number of amides is 2. The highest BCUT2D eigenvalue weighted by molar-refractivity contribution is 5.99. The lowest BCUT2D eigenvalue weighted by atomic mass is 10.3. The zero-order chi connectivity index (χ0) is 11.3. The van der Waals surface area contributed by atoms with Crippen LogP contribution in [0.5, 0.6) is 0 Å². The zero-order valence-electron chi connectivity index (χ0n) is 8.28. The number of rotatable bonds is 3. The monoisotopic (exact) mass is 205 g/mol. The van der Waals surface area contributed by atoms with Crippen LogP contribution in [0.25, 0.3) is 0 Å². The van der Waals surface area contributed by atoms with Crippen molar-refractivity contribution in [1.29, 1.82) is 0 Å². The van der Waals surface area contributed by atoms with E-state index in [1.807, 2.05) is 0 Å². The number of hydrogen-bond donors (Lipinski definition) is 2. The number of nitrogens with one attached hydrogen (secondary N) is 2. The second kappa shape index (κ2) is 4.90. The summed E-state index contributed by atoms with van der Waals surface area (Å²) in [7, 11) is 1.53. The van der Waals surface area contributed by atoms with Crippen LogP contribution in [-0.2, 0) is 4.79 Å². The highest BCUT2D eigenvalue weighted by Crippen LogP contribution is 2.05. The summed E-state index contributed by atoms with van der Waals surface area (Å²) in [5.74, 6) is -0.582. The molecule has 0 radical (unpaired) electrons. The van der Waals surface area contributed by atoms with E-state index in [-0.39, 0.29) is 11.8 Å². The maximum Gasteiger partial charge on any atom is 0.269 e. The van der Waals surface area contributed by atoms with E-state index < -0.39 is 0 Å². The molecule has 1 aromatic rings. The molecule has 1 rings (SSSR count). The van der Waals surface area contributed by atoms with Gasteiger partial charge in [0.15, 0.2) is 0 Å². The second-order valence-electron chi connectivity index (χ2n) is 2.70. The largest absolute Gasteiger partial charge is 0.354 e. The second-order valence-corrected chi connectivity index (χ2v) is 2.70. The first-order valence-electron chi connectivity index (χ1n) is 4.29. The number of nitrogens with zero attached hydrogens (tertiary/aromatic N) is 1. The van der Waals surface area contributed by atoms with Gasteiger partial charge in [-0.2, -0.15) is 0 Å². The Balaban J connectivity index is 2.76. The Morgan fingerprint density at radius 1 is 1.47 bits per heavy atom. The molecule has 0 bridgehead atoms. The number of carbonyl (C=O) groups excluding carboxylic acids is 2. The lowest BCUT2D eigenvalue weighted by Crippen LogP contribution is -2.19. The maximum atomic E-state index is 11.1. The van der Waals surface area contributed by atoms with Gasteiger partial charge in [0.25, 0.3) is 5.91 Å². The molecule has 0 aliphatic carbocycles. The summed E-state index contributed by atoms with van der Waals surface area (Å²) in [6.07, 6.45) is 2.57. The molecule has 0 saturated carbocycles. The summed E-state index contributed by atoms with van der Waals surface area (Å²) in [6.45, 7) is 3.32. The van der Waals surface area contributed by atoms with Gasteiger partial charge in [-0.1, -0.05) is 6.58 Å². The van der Waals surface area contributed by atoms with Crippen molar-refractivity contribution < 1.29 is 9.59 Å². The molecular weight excluding hydrogens is 194 g/mol. The van der Waals surface area contributed by atoms with Gasteiger partial charge in [-0.15, -0.1) is 0 Å². The van der Waals surface area contributed by atoms with Crippen molar-refractivity contribution in [2.45, 2.75) is 0 Å². The molecule has 1 aromatic heterocycles. The Labute approximate surface area is 87.2 Å². The van der Waals surface area contributed by atoms with E-state index >= 15 is 0 Å². The topological polar surface area (TPSA) is 71.1 Å². The third-order valence-electron chi connectivity index (χ3n) is 1.68. The molecule has 0 atom stereocenters. The molecule has 15 heavy (non-hydrogen) atoms. The third-order valence-corrected chi connectivity index (χ3v) is 1.68. The van der Waals surface area contributed by atoms with Gasteiger partial charge in [0, 0.05) is 7.05 Å². The van der Waals surface area contributed by atoms with E-state index in [1.165, 1.54) is 19.3 Å². The van der Waals surface area contributed by atoms with Gasteiger partial charge < -0.3 is 10.6 Å². The Hall–Kier alpha value is -2.17. The fourth-order valence-electron chi connectivity index (χ4n) is 0.923. The van der Waals surface area contributed by atoms with E-state index in [2.05, 4.69) is 22.2 Å². The molecule has 1 heterocycles. The van der Waals surface area contributed by atoms with Crippen molar-refractivity contribution in [2.75, 3.05) is 12.4 Å². The molecule has 0 unspecified atom stereocenters. The summed E-state index contributed by atoms with van der Waals surface area (Å²) in [6, 6.07) is 3.12. The van der Waals surface area contributed by atoms with Crippen molar-refractivity contribution in [3.05, 3.63) is 36.7 Å². The number of hydrogen-bond acceptors (Lipinski definition) is 3. The van der Waals surface area contributed by atoms with Gasteiger partial charge in [0.05, 0.1) is 11.9 Å². The highest BCUT2D eigenvalue weighted by atomic mass is 16.2. The SMILES string of the molecule is C=CC(=O)Nc1ccc(C(=O)NC)nc1. The van der Waals surface area contributed by atoms with Crippen LogP contribution in [0.15, 0.2) is 31.0 Å². The summed E-state index contributed by atoms with van der Waals surface area (Å²) in [5.41, 5.74) is 0.821. The first-order chi connectivity index (χ1) is 7.17. The molecule has 0 aromatic carbocycles. The predicted octanol–water partition coefficient (Wildman–Crippen LogP) is 0.566. The Morgan fingerprint density at radius 3 is 2.67 bits per heavy atom. The highest BCUT2D eigenvalue weighted by Gasteiger charge is 2.04. The molecule has 0 aliphatic heterocycles. The van der Waals surface area contributed by atoms with Gasteiger partial charge in [0.1, 0.15) is 5.69 Å². The molecule has 0 saturated heterocycles. The average molecular weight is 205 g/mol. The van der Waals surface area contributed by atoms with Crippen LogP contribution in [0.4, 0.5) is 5.69 Å². The van der Waals surface area contributed by atoms with E-state index in [0.29, 0.717) is 11.4 Å². The molecule has 0 fully saturated rings. The first-order valence-corrected chi connectivity index (χ1v) is 4.29. The molecule has 78 valence electrons. The molecule has 5 heteroatoms. The zero-order valence-corrected chi connectivity index (χ0v) is 8.28. The van der Waals surface area contributed by atoms with E-state index in [0.717, 1.165) is 6.08 Å². The minimum Gasteiger partial charge on any atom is -0.354 e. The Morgan fingerprint density at radius 2 is 2.20 bits per heavy atom. The standard InChI is InChI=1S/C10H11N3O2/c1-3-9(14)13-7-4-5-8(12-6-7)10(15)11-2/h3-6H,1H2,2H3,(H,11,15)(H,13,14). The van der Waals surface area contributed by atoms with Crippen LogP contribution < -0.4 is 10.6 Å². The molecule has 2 N–H and O–H groups in total. The molecule has 0 spiro atoms. The normalized spacial score (nSPS) is 9.13. The Bertz CT molecular complexity index is 384. The molecular formula is C10H11N3O2. The number of carbonyl (C=O) groups is 2. The minimum atomic E-state index is -0.315. The molecule has 2 amide bonds.